The van der Waals surface area contributed by atoms with Gasteiger partial charge in [-0.15, -0.1) is 0 Å². The maximum absolute atomic E-state index is 12.6. The third-order valence-electron chi connectivity index (χ3n) is 6.01. The fraction of sp³-hybridized carbons (Fsp3) is 0.478. The molecule has 4 rings (SSSR count). The highest BCUT2D eigenvalue weighted by atomic mass is 32.2. The van der Waals surface area contributed by atoms with Crippen molar-refractivity contribution < 1.29 is 13.2 Å². The summed E-state index contributed by atoms with van der Waals surface area (Å²) < 4.78 is 26.7. The van der Waals surface area contributed by atoms with Crippen LogP contribution in [0.4, 0.5) is 0 Å². The van der Waals surface area contributed by atoms with E-state index in [0.717, 1.165) is 31.2 Å². The summed E-state index contributed by atoms with van der Waals surface area (Å²) >= 11 is 1.31. The van der Waals surface area contributed by atoms with Crippen LogP contribution in [0, 0.1) is 0 Å². The predicted octanol–water partition coefficient (Wildman–Crippen LogP) is 3.71. The van der Waals surface area contributed by atoms with E-state index in [2.05, 4.69) is 28.5 Å². The third-order valence-corrected chi connectivity index (χ3v) is 8.84. The molecule has 0 radical (unpaired) electrons. The van der Waals surface area contributed by atoms with Gasteiger partial charge in [-0.3, -0.25) is 4.79 Å². The molecule has 0 unspecified atom stereocenters. The summed E-state index contributed by atoms with van der Waals surface area (Å²) in [7, 11) is -3.46. The van der Waals surface area contributed by atoms with Crippen molar-refractivity contribution in [3.8, 4) is 0 Å². The van der Waals surface area contributed by atoms with Crippen molar-refractivity contribution in [2.24, 2.45) is 0 Å². The molecule has 2 heterocycles. The van der Waals surface area contributed by atoms with Crippen molar-refractivity contribution >= 4 is 27.7 Å². The van der Waals surface area contributed by atoms with Crippen LogP contribution in [0.25, 0.3) is 0 Å². The molecule has 6 nitrogen and oxygen atoms in total. The summed E-state index contributed by atoms with van der Waals surface area (Å²) in [5.41, 5.74) is 3.98. The predicted molar refractivity (Wildman–Crippen MR) is 123 cm³/mol. The van der Waals surface area contributed by atoms with Gasteiger partial charge in [0.05, 0.1) is 16.8 Å². The third kappa shape index (κ3) is 5.30. The van der Waals surface area contributed by atoms with E-state index in [-0.39, 0.29) is 22.6 Å². The van der Waals surface area contributed by atoms with Crippen LogP contribution in [0.1, 0.15) is 55.3 Å². The summed E-state index contributed by atoms with van der Waals surface area (Å²) in [6.07, 6.45) is 7.96. The second-order valence-electron chi connectivity index (χ2n) is 8.26. The summed E-state index contributed by atoms with van der Waals surface area (Å²) in [6.45, 7) is 3.15. The number of aromatic nitrogens is 1. The molecule has 2 aliphatic rings. The topological polar surface area (TPSA) is 79.4 Å². The van der Waals surface area contributed by atoms with Crippen molar-refractivity contribution in [1.29, 1.82) is 0 Å². The van der Waals surface area contributed by atoms with Crippen LogP contribution in [0.15, 0.2) is 46.5 Å². The normalized spacial score (nSPS) is 17.8. The molecule has 1 atom stereocenters. The number of aryl methyl sites for hydroxylation is 2. The van der Waals surface area contributed by atoms with Crippen LogP contribution in [-0.2, 0) is 27.7 Å². The molecule has 0 spiro atoms. The molecule has 166 valence electrons. The Morgan fingerprint density at radius 2 is 1.84 bits per heavy atom. The van der Waals surface area contributed by atoms with E-state index >= 15 is 0 Å². The van der Waals surface area contributed by atoms with Crippen LogP contribution in [0.2, 0.25) is 0 Å². The Morgan fingerprint density at radius 1 is 1.10 bits per heavy atom. The first-order valence-electron chi connectivity index (χ1n) is 10.9. The lowest BCUT2D eigenvalue weighted by Gasteiger charge is -2.20. The molecule has 1 aromatic heterocycles. The highest BCUT2D eigenvalue weighted by Crippen LogP contribution is 2.25. The van der Waals surface area contributed by atoms with E-state index in [0.29, 0.717) is 18.1 Å². The minimum atomic E-state index is -3.46. The van der Waals surface area contributed by atoms with Crippen LogP contribution >= 0.6 is 11.8 Å². The summed E-state index contributed by atoms with van der Waals surface area (Å²) in [6, 6.07) is 9.74. The largest absolute Gasteiger partial charge is 0.349 e. The van der Waals surface area contributed by atoms with Crippen LogP contribution in [-0.4, -0.2) is 42.5 Å². The van der Waals surface area contributed by atoms with Gasteiger partial charge >= 0.3 is 0 Å². The van der Waals surface area contributed by atoms with Gasteiger partial charge in [-0.1, -0.05) is 30.0 Å². The lowest BCUT2D eigenvalue weighted by atomic mass is 9.89. The van der Waals surface area contributed by atoms with E-state index < -0.39 is 10.0 Å². The zero-order valence-electron chi connectivity index (χ0n) is 17.8. The Labute approximate surface area is 188 Å². The average Bonchev–Trinajstić information content (AvgIpc) is 3.33. The Morgan fingerprint density at radius 3 is 2.55 bits per heavy atom. The second-order valence-corrected chi connectivity index (χ2v) is 11.2. The molecule has 31 heavy (non-hydrogen) atoms. The number of hydrogen-bond donors (Lipinski definition) is 1. The minimum absolute atomic E-state index is 0.0544. The van der Waals surface area contributed by atoms with E-state index in [4.69, 9.17) is 0 Å². The van der Waals surface area contributed by atoms with Gasteiger partial charge in [0.25, 0.3) is 0 Å². The van der Waals surface area contributed by atoms with Gasteiger partial charge in [0.2, 0.25) is 15.9 Å². The quantitative estimate of drug-likeness (QED) is 0.639. The van der Waals surface area contributed by atoms with Crippen LogP contribution < -0.4 is 5.32 Å². The number of rotatable bonds is 7. The van der Waals surface area contributed by atoms with Gasteiger partial charge in [-0.05, 0) is 74.3 Å². The molecular formula is C23H29N3O3S2. The van der Waals surface area contributed by atoms with Crippen LogP contribution in [0.3, 0.4) is 0 Å². The Balaban J connectivity index is 1.30. The van der Waals surface area contributed by atoms with E-state index in [1.807, 2.05) is 6.92 Å². The molecule has 8 heteroatoms. The summed E-state index contributed by atoms with van der Waals surface area (Å²) in [4.78, 5) is 16.9. The number of amides is 1. The molecule has 1 aliphatic heterocycles. The first-order chi connectivity index (χ1) is 14.9. The highest BCUT2D eigenvalue weighted by Gasteiger charge is 2.27. The fourth-order valence-corrected chi connectivity index (χ4v) is 6.33. The molecule has 0 bridgehead atoms. The lowest BCUT2D eigenvalue weighted by molar-refractivity contribution is -0.119. The van der Waals surface area contributed by atoms with E-state index in [1.54, 1.807) is 12.1 Å². The number of nitrogens with zero attached hydrogens (tertiary/aromatic N) is 2. The van der Waals surface area contributed by atoms with Gasteiger partial charge in [-0.2, -0.15) is 4.31 Å². The number of fused-ring (bicyclic) bond motifs is 1. The van der Waals surface area contributed by atoms with E-state index in [9.17, 15) is 13.2 Å². The molecule has 1 amide bonds. The molecule has 1 fully saturated rings. The number of carbonyl (C=O) groups is 1. The van der Waals surface area contributed by atoms with Gasteiger partial charge in [-0.25, -0.2) is 13.4 Å². The molecular weight excluding hydrogens is 430 g/mol. The first-order valence-corrected chi connectivity index (χ1v) is 13.4. The summed E-state index contributed by atoms with van der Waals surface area (Å²) in [5, 5.41) is 3.69. The molecule has 2 aromatic rings. The number of nitrogens with one attached hydrogen (secondary N) is 1. The van der Waals surface area contributed by atoms with Gasteiger partial charge in [0, 0.05) is 19.3 Å². The number of carbonyl (C=O) groups excluding carboxylic acids is 1. The monoisotopic (exact) mass is 459 g/mol. The van der Waals surface area contributed by atoms with E-state index in [1.165, 1.54) is 46.2 Å². The fourth-order valence-electron chi connectivity index (χ4n) is 4.21. The van der Waals surface area contributed by atoms with Crippen molar-refractivity contribution in [2.45, 2.75) is 61.4 Å². The molecule has 1 aliphatic carbocycles. The van der Waals surface area contributed by atoms with Crippen molar-refractivity contribution in [2.75, 3.05) is 18.8 Å². The van der Waals surface area contributed by atoms with Crippen LogP contribution in [0.5, 0.6) is 0 Å². The number of benzene rings is 1. The highest BCUT2D eigenvalue weighted by molar-refractivity contribution is 7.99. The Bertz CT molecular complexity index is 1030. The SMILES string of the molecule is C[C@H](NC(=O)CSc1ccc(S(=O)(=O)N2CCCC2)cn1)c1ccc2c(c1)CCCC2. The molecule has 0 saturated carbocycles. The Kier molecular flexibility index (Phi) is 6.99. The number of thioether (sulfide) groups is 1. The molecule has 1 N–H and O–H groups in total. The molecule has 1 saturated heterocycles. The standard InChI is InChI=1S/C23H29N3O3S2/c1-17(19-9-8-18-6-2-3-7-20(18)14-19)25-22(27)16-30-23-11-10-21(15-24-23)31(28,29)26-12-4-5-13-26/h8-11,14-15,17H,2-7,12-13,16H2,1H3,(H,25,27)/t17-/m0/s1. The summed E-state index contributed by atoms with van der Waals surface area (Å²) in [5.74, 6) is 0.173. The lowest BCUT2D eigenvalue weighted by Crippen LogP contribution is -2.28. The van der Waals surface area contributed by atoms with Gasteiger partial charge < -0.3 is 5.32 Å². The number of hydrogen-bond acceptors (Lipinski definition) is 5. The van der Waals surface area contributed by atoms with Crippen molar-refractivity contribution in [3.05, 3.63) is 53.2 Å². The first kappa shape index (κ1) is 22.3. The average molecular weight is 460 g/mol. The number of pyridine rings is 1. The minimum Gasteiger partial charge on any atom is -0.349 e. The van der Waals surface area contributed by atoms with Gasteiger partial charge in [0.1, 0.15) is 4.90 Å². The van der Waals surface area contributed by atoms with Crippen molar-refractivity contribution in [3.63, 3.8) is 0 Å². The zero-order valence-corrected chi connectivity index (χ0v) is 19.5. The Hall–Kier alpha value is -1.90. The zero-order chi connectivity index (χ0) is 21.8. The van der Waals surface area contributed by atoms with Crippen molar-refractivity contribution in [1.82, 2.24) is 14.6 Å². The molecule has 1 aromatic carbocycles. The maximum Gasteiger partial charge on any atom is 0.244 e. The van der Waals surface area contributed by atoms with Gasteiger partial charge in [0.15, 0.2) is 0 Å². The maximum atomic E-state index is 12.6. The number of sulfonamides is 1. The second kappa shape index (κ2) is 9.71. The smallest absolute Gasteiger partial charge is 0.244 e.